The Morgan fingerprint density at radius 3 is 2.73 bits per heavy atom. The molecule has 0 aliphatic rings. The van der Waals surface area contributed by atoms with E-state index in [0.29, 0.717) is 10.8 Å². The van der Waals surface area contributed by atoms with Crippen molar-refractivity contribution in [3.63, 3.8) is 0 Å². The first-order chi connectivity index (χ1) is 10.7. The van der Waals surface area contributed by atoms with E-state index in [-0.39, 0.29) is 5.82 Å². The molecule has 2 aromatic carbocycles. The average molecular weight is 312 g/mol. The predicted octanol–water partition coefficient (Wildman–Crippen LogP) is 3.63. The largest absolute Gasteiger partial charge is 0.361 e. The standard InChI is InChI=1S/C16H13FN4S/c17-12-5-7-13(8-6-12)20-16(22)21-19-10-11-9-18-15-4-2-1-3-14(11)15/h1-10,18H,(H2,20,21,22). The molecule has 0 unspecified atom stereocenters. The van der Waals surface area contributed by atoms with Crippen molar-refractivity contribution in [2.24, 2.45) is 5.10 Å². The van der Waals surface area contributed by atoms with Crippen molar-refractivity contribution in [3.8, 4) is 0 Å². The summed E-state index contributed by atoms with van der Waals surface area (Å²) in [5.74, 6) is -0.290. The number of fused-ring (bicyclic) bond motifs is 1. The van der Waals surface area contributed by atoms with Crippen LogP contribution in [0.3, 0.4) is 0 Å². The summed E-state index contributed by atoms with van der Waals surface area (Å²) >= 11 is 5.12. The monoisotopic (exact) mass is 312 g/mol. The Hall–Kier alpha value is -2.73. The lowest BCUT2D eigenvalue weighted by atomic mass is 10.2. The van der Waals surface area contributed by atoms with E-state index in [1.165, 1.54) is 12.1 Å². The van der Waals surface area contributed by atoms with Crippen molar-refractivity contribution in [2.45, 2.75) is 0 Å². The summed E-state index contributed by atoms with van der Waals surface area (Å²) in [5.41, 5.74) is 5.44. The number of anilines is 1. The summed E-state index contributed by atoms with van der Waals surface area (Å²) in [6.07, 6.45) is 3.57. The molecule has 6 heteroatoms. The number of benzene rings is 2. The van der Waals surface area contributed by atoms with Crippen molar-refractivity contribution < 1.29 is 4.39 Å². The highest BCUT2D eigenvalue weighted by Gasteiger charge is 2.00. The summed E-state index contributed by atoms with van der Waals surface area (Å²) in [6.45, 7) is 0. The first-order valence-electron chi connectivity index (χ1n) is 6.64. The van der Waals surface area contributed by atoms with Crippen LogP contribution in [0.15, 0.2) is 59.8 Å². The van der Waals surface area contributed by atoms with Crippen molar-refractivity contribution >= 4 is 40.1 Å². The third-order valence-corrected chi connectivity index (χ3v) is 3.29. The molecule has 4 nitrogen and oxygen atoms in total. The third kappa shape index (κ3) is 3.29. The van der Waals surface area contributed by atoms with E-state index in [1.54, 1.807) is 18.3 Å². The Bertz CT molecular complexity index is 824. The number of thiocarbonyl (C=S) groups is 1. The number of halogens is 1. The van der Waals surface area contributed by atoms with Crippen molar-refractivity contribution in [3.05, 3.63) is 66.1 Å². The quantitative estimate of drug-likeness (QED) is 0.393. The average Bonchev–Trinajstić information content (AvgIpc) is 2.93. The molecule has 3 N–H and O–H groups in total. The van der Waals surface area contributed by atoms with Crippen LogP contribution in [0.25, 0.3) is 10.9 Å². The van der Waals surface area contributed by atoms with Crippen LogP contribution in [0.1, 0.15) is 5.56 Å². The van der Waals surface area contributed by atoms with Gasteiger partial charge in [0.15, 0.2) is 5.11 Å². The zero-order chi connectivity index (χ0) is 15.4. The van der Waals surface area contributed by atoms with Crippen LogP contribution in [0, 0.1) is 5.82 Å². The second kappa shape index (κ2) is 6.36. The molecule has 0 fully saturated rings. The molecular weight excluding hydrogens is 299 g/mol. The SMILES string of the molecule is Fc1ccc(NC(=S)NN=Cc2c[nH]c3ccccc23)cc1. The molecule has 0 aliphatic carbocycles. The second-order valence-electron chi connectivity index (χ2n) is 4.62. The second-order valence-corrected chi connectivity index (χ2v) is 5.03. The summed E-state index contributed by atoms with van der Waals surface area (Å²) < 4.78 is 12.8. The minimum atomic E-state index is -0.290. The molecule has 0 spiro atoms. The van der Waals surface area contributed by atoms with E-state index < -0.39 is 0 Å². The van der Waals surface area contributed by atoms with Gasteiger partial charge in [0.2, 0.25) is 0 Å². The van der Waals surface area contributed by atoms with Crippen LogP contribution in [-0.4, -0.2) is 16.3 Å². The highest BCUT2D eigenvalue weighted by atomic mass is 32.1. The number of para-hydroxylation sites is 1. The van der Waals surface area contributed by atoms with Crippen LogP contribution in [0.4, 0.5) is 10.1 Å². The smallest absolute Gasteiger partial charge is 0.191 e. The maximum absolute atomic E-state index is 12.8. The number of hydrogen-bond acceptors (Lipinski definition) is 2. The van der Waals surface area contributed by atoms with E-state index >= 15 is 0 Å². The zero-order valence-corrected chi connectivity index (χ0v) is 12.3. The van der Waals surface area contributed by atoms with Crippen LogP contribution in [0.2, 0.25) is 0 Å². The molecule has 0 atom stereocenters. The summed E-state index contributed by atoms with van der Waals surface area (Å²) in [5, 5.41) is 8.45. The van der Waals surface area contributed by atoms with Gasteiger partial charge in [0.25, 0.3) is 0 Å². The molecule has 0 saturated carbocycles. The molecule has 0 radical (unpaired) electrons. The van der Waals surface area contributed by atoms with Gasteiger partial charge in [-0.25, -0.2) is 4.39 Å². The Kier molecular flexibility index (Phi) is 4.11. The lowest BCUT2D eigenvalue weighted by Crippen LogP contribution is -2.23. The van der Waals surface area contributed by atoms with Gasteiger partial charge in [-0.05, 0) is 42.5 Å². The molecule has 3 aromatic rings. The predicted molar refractivity (Wildman–Crippen MR) is 91.6 cm³/mol. The lowest BCUT2D eigenvalue weighted by molar-refractivity contribution is 0.628. The molecule has 0 saturated heterocycles. The molecule has 0 bridgehead atoms. The van der Waals surface area contributed by atoms with Crippen LogP contribution < -0.4 is 10.7 Å². The fourth-order valence-corrected chi connectivity index (χ4v) is 2.22. The first-order valence-corrected chi connectivity index (χ1v) is 7.05. The van der Waals surface area contributed by atoms with Gasteiger partial charge in [0.1, 0.15) is 5.82 Å². The Balaban J connectivity index is 1.62. The molecule has 1 heterocycles. The number of nitrogens with zero attached hydrogens (tertiary/aromatic N) is 1. The highest BCUT2D eigenvalue weighted by molar-refractivity contribution is 7.80. The Morgan fingerprint density at radius 1 is 1.14 bits per heavy atom. The molecule has 110 valence electrons. The normalized spacial score (nSPS) is 11.0. The minimum Gasteiger partial charge on any atom is -0.361 e. The van der Waals surface area contributed by atoms with Gasteiger partial charge in [-0.15, -0.1) is 0 Å². The Morgan fingerprint density at radius 2 is 1.91 bits per heavy atom. The van der Waals surface area contributed by atoms with Gasteiger partial charge in [0.05, 0.1) is 6.21 Å². The number of aromatic amines is 1. The summed E-state index contributed by atoms with van der Waals surface area (Å²) in [7, 11) is 0. The number of H-pyrrole nitrogens is 1. The first kappa shape index (κ1) is 14.2. The summed E-state index contributed by atoms with van der Waals surface area (Å²) in [4.78, 5) is 3.17. The van der Waals surface area contributed by atoms with E-state index in [0.717, 1.165) is 16.5 Å². The number of nitrogens with one attached hydrogen (secondary N) is 3. The van der Waals surface area contributed by atoms with E-state index in [1.807, 2.05) is 30.5 Å². The number of hydrogen-bond donors (Lipinski definition) is 3. The van der Waals surface area contributed by atoms with Gasteiger partial charge >= 0.3 is 0 Å². The molecule has 1 aromatic heterocycles. The topological polar surface area (TPSA) is 52.2 Å². The molecule has 0 amide bonds. The van der Waals surface area contributed by atoms with E-state index in [9.17, 15) is 4.39 Å². The van der Waals surface area contributed by atoms with E-state index in [4.69, 9.17) is 12.2 Å². The third-order valence-electron chi connectivity index (χ3n) is 3.09. The van der Waals surface area contributed by atoms with Gasteiger partial charge in [0, 0.05) is 28.4 Å². The van der Waals surface area contributed by atoms with Gasteiger partial charge in [-0.2, -0.15) is 5.10 Å². The van der Waals surface area contributed by atoms with Gasteiger partial charge in [-0.3, -0.25) is 5.43 Å². The van der Waals surface area contributed by atoms with Crippen LogP contribution in [0.5, 0.6) is 0 Å². The maximum Gasteiger partial charge on any atom is 0.191 e. The highest BCUT2D eigenvalue weighted by Crippen LogP contribution is 2.15. The van der Waals surface area contributed by atoms with Gasteiger partial charge in [-0.1, -0.05) is 18.2 Å². The van der Waals surface area contributed by atoms with Crippen molar-refractivity contribution in [2.75, 3.05) is 5.32 Å². The zero-order valence-electron chi connectivity index (χ0n) is 11.5. The lowest BCUT2D eigenvalue weighted by Gasteiger charge is -2.06. The summed E-state index contributed by atoms with van der Waals surface area (Å²) in [6, 6.07) is 13.9. The maximum atomic E-state index is 12.8. The molecule has 0 aliphatic heterocycles. The Labute approximate surface area is 132 Å². The van der Waals surface area contributed by atoms with Gasteiger partial charge < -0.3 is 10.3 Å². The number of hydrazone groups is 1. The fraction of sp³-hybridized carbons (Fsp3) is 0. The van der Waals surface area contributed by atoms with Crippen molar-refractivity contribution in [1.82, 2.24) is 10.4 Å². The van der Waals surface area contributed by atoms with Crippen molar-refractivity contribution in [1.29, 1.82) is 0 Å². The fourth-order valence-electron chi connectivity index (χ4n) is 2.05. The molecular formula is C16H13FN4S. The number of rotatable bonds is 3. The van der Waals surface area contributed by atoms with Crippen LogP contribution in [-0.2, 0) is 0 Å². The van der Waals surface area contributed by atoms with Crippen LogP contribution >= 0.6 is 12.2 Å². The molecule has 3 rings (SSSR count). The minimum absolute atomic E-state index is 0.290. The number of aromatic nitrogens is 1. The molecule has 22 heavy (non-hydrogen) atoms. The van der Waals surface area contributed by atoms with E-state index in [2.05, 4.69) is 20.8 Å².